The van der Waals surface area contributed by atoms with Gasteiger partial charge in [0.25, 0.3) is 0 Å². The van der Waals surface area contributed by atoms with E-state index in [0.29, 0.717) is 0 Å². The minimum atomic E-state index is 0. The van der Waals surface area contributed by atoms with E-state index in [9.17, 15) is 0 Å². The third kappa shape index (κ3) is 18.0. The molecule has 0 aromatic rings. The molecule has 0 fully saturated rings. The molecule has 0 saturated carbocycles. The SMILES string of the molecule is [Ca+2].[I-].[I-].[I-].[Li+]. The van der Waals surface area contributed by atoms with Gasteiger partial charge in [0.2, 0.25) is 0 Å². The van der Waals surface area contributed by atoms with Crippen LogP contribution in [-0.4, -0.2) is 37.7 Å². The number of hydrogen-bond donors (Lipinski definition) is 0. The molecule has 0 bridgehead atoms. The smallest absolute Gasteiger partial charge is 1.00 e. The first-order valence-electron chi connectivity index (χ1n) is 0. The molecule has 0 rings (SSSR count). The molecule has 0 heterocycles. The van der Waals surface area contributed by atoms with Crippen LogP contribution in [0.25, 0.3) is 0 Å². The Morgan fingerprint density at radius 1 is 0.600 bits per heavy atom. The van der Waals surface area contributed by atoms with Gasteiger partial charge in [0.1, 0.15) is 0 Å². The monoisotopic (exact) mass is 428 g/mol. The molecule has 0 aromatic heterocycles. The predicted molar refractivity (Wildman–Crippen MR) is 5.75 cm³/mol. The van der Waals surface area contributed by atoms with Crippen molar-refractivity contribution in [3.05, 3.63) is 0 Å². The van der Waals surface area contributed by atoms with Gasteiger partial charge < -0.3 is 71.9 Å². The molecule has 0 atom stereocenters. The van der Waals surface area contributed by atoms with E-state index >= 15 is 0 Å². The van der Waals surface area contributed by atoms with Gasteiger partial charge in [0.05, 0.1) is 0 Å². The van der Waals surface area contributed by atoms with Gasteiger partial charge in [0, 0.05) is 0 Å². The average Bonchev–Trinajstić information content (AvgIpc) is 0. The first kappa shape index (κ1) is 35.8. The molecule has 0 aliphatic heterocycles. The summed E-state index contributed by atoms with van der Waals surface area (Å²) in [5, 5.41) is 0. The fraction of sp³-hybridized carbons (Fsp3) is 0. The quantitative estimate of drug-likeness (QED) is 0.266. The van der Waals surface area contributed by atoms with Gasteiger partial charge in [-0.15, -0.1) is 0 Å². The zero-order valence-corrected chi connectivity index (χ0v) is 11.5. The Labute approximate surface area is 125 Å². The van der Waals surface area contributed by atoms with Gasteiger partial charge in [-0.25, -0.2) is 0 Å². The molecule has 0 nitrogen and oxygen atoms in total. The van der Waals surface area contributed by atoms with Crippen molar-refractivity contribution in [2.24, 2.45) is 0 Å². The largest absolute Gasteiger partial charge is 2.00 e. The van der Waals surface area contributed by atoms with Crippen LogP contribution < -0.4 is 90.8 Å². The van der Waals surface area contributed by atoms with Crippen molar-refractivity contribution in [2.75, 3.05) is 0 Å². The average molecular weight is 428 g/mol. The van der Waals surface area contributed by atoms with Gasteiger partial charge in [-0.2, -0.15) is 0 Å². The topological polar surface area (TPSA) is 0 Å². The summed E-state index contributed by atoms with van der Waals surface area (Å²) in [4.78, 5) is 0. The van der Waals surface area contributed by atoms with Crippen molar-refractivity contribution in [3.8, 4) is 0 Å². The van der Waals surface area contributed by atoms with Gasteiger partial charge in [0.15, 0.2) is 0 Å². The van der Waals surface area contributed by atoms with E-state index in [1.165, 1.54) is 0 Å². The van der Waals surface area contributed by atoms with Crippen molar-refractivity contribution >= 4 is 37.7 Å². The Balaban J connectivity index is 0. The summed E-state index contributed by atoms with van der Waals surface area (Å²) < 4.78 is 0. The maximum Gasteiger partial charge on any atom is 2.00 e. The molecular formula is CaI3Li. The second-order valence-corrected chi connectivity index (χ2v) is 0. The first-order chi connectivity index (χ1) is 0. The summed E-state index contributed by atoms with van der Waals surface area (Å²) >= 11 is 0. The van der Waals surface area contributed by atoms with E-state index in [1.807, 2.05) is 0 Å². The molecule has 5 heavy (non-hydrogen) atoms. The van der Waals surface area contributed by atoms with E-state index < -0.39 is 0 Å². The van der Waals surface area contributed by atoms with E-state index in [-0.39, 0.29) is 129 Å². The Morgan fingerprint density at radius 3 is 0.600 bits per heavy atom. The normalized spacial score (nSPS) is 0. The molecule has 0 aliphatic carbocycles. The number of rotatable bonds is 0. The first-order valence-corrected chi connectivity index (χ1v) is 0. The molecular weight excluding hydrogens is 428 g/mol. The molecule has 5 heteroatoms. The third-order valence-corrected chi connectivity index (χ3v) is 0. The Kier molecular flexibility index (Phi) is 175. The van der Waals surface area contributed by atoms with Crippen LogP contribution in [0, 0.1) is 0 Å². The van der Waals surface area contributed by atoms with Crippen LogP contribution in [0.2, 0.25) is 0 Å². The maximum absolute atomic E-state index is 0. The number of halogens is 3. The summed E-state index contributed by atoms with van der Waals surface area (Å²) in [7, 11) is 0. The van der Waals surface area contributed by atoms with Crippen LogP contribution in [-0.2, 0) is 0 Å². The van der Waals surface area contributed by atoms with E-state index in [0.717, 1.165) is 0 Å². The summed E-state index contributed by atoms with van der Waals surface area (Å²) in [5.74, 6) is 0. The molecule has 24 valence electrons. The van der Waals surface area contributed by atoms with Crippen molar-refractivity contribution in [1.82, 2.24) is 0 Å². The van der Waals surface area contributed by atoms with Gasteiger partial charge in [-0.1, -0.05) is 0 Å². The fourth-order valence-corrected chi connectivity index (χ4v) is 0. The van der Waals surface area contributed by atoms with Gasteiger partial charge in [-0.05, 0) is 0 Å². The number of hydrogen-bond acceptors (Lipinski definition) is 0. The third-order valence-electron chi connectivity index (χ3n) is 0. The van der Waals surface area contributed by atoms with E-state index in [2.05, 4.69) is 0 Å². The standard InChI is InChI=1S/Ca.3HI.Li/h;3*1H;/q+2;;;;+1/p-3. The summed E-state index contributed by atoms with van der Waals surface area (Å²) in [6, 6.07) is 0. The van der Waals surface area contributed by atoms with Crippen molar-refractivity contribution < 1.29 is 90.8 Å². The molecule has 0 unspecified atom stereocenters. The zero-order valence-electron chi connectivity index (χ0n) is 2.84. The van der Waals surface area contributed by atoms with Crippen molar-refractivity contribution in [1.29, 1.82) is 0 Å². The molecule has 0 saturated heterocycles. The fourth-order valence-electron chi connectivity index (χ4n) is 0. The summed E-state index contributed by atoms with van der Waals surface area (Å²) in [6.45, 7) is 0. The Hall–Kier alpha value is 4.05. The van der Waals surface area contributed by atoms with Crippen LogP contribution in [0.15, 0.2) is 0 Å². The van der Waals surface area contributed by atoms with Crippen LogP contribution in [0.1, 0.15) is 0 Å². The van der Waals surface area contributed by atoms with E-state index in [1.54, 1.807) is 0 Å². The molecule has 0 aromatic carbocycles. The van der Waals surface area contributed by atoms with Crippen LogP contribution in [0.3, 0.4) is 0 Å². The van der Waals surface area contributed by atoms with Crippen LogP contribution >= 0.6 is 0 Å². The van der Waals surface area contributed by atoms with Crippen molar-refractivity contribution in [2.45, 2.75) is 0 Å². The Morgan fingerprint density at radius 2 is 0.600 bits per heavy atom. The minimum absolute atomic E-state index is 0. The second kappa shape index (κ2) is 24.4. The molecule has 0 radical (unpaired) electrons. The van der Waals surface area contributed by atoms with Crippen molar-refractivity contribution in [3.63, 3.8) is 0 Å². The Bertz CT molecular complexity index is 6.85. The maximum atomic E-state index is 0. The molecule has 0 aliphatic rings. The van der Waals surface area contributed by atoms with Gasteiger partial charge in [-0.3, -0.25) is 0 Å². The van der Waals surface area contributed by atoms with Crippen LogP contribution in [0.4, 0.5) is 0 Å². The minimum Gasteiger partial charge on any atom is -1.00 e. The predicted octanol–water partition coefficient (Wildman–Crippen LogP) is -12.4. The molecule has 0 N–H and O–H groups in total. The second-order valence-electron chi connectivity index (χ2n) is 0. The van der Waals surface area contributed by atoms with Crippen LogP contribution in [0.5, 0.6) is 0 Å². The molecule has 0 spiro atoms. The summed E-state index contributed by atoms with van der Waals surface area (Å²) in [5.41, 5.74) is 0. The summed E-state index contributed by atoms with van der Waals surface area (Å²) in [6.07, 6.45) is 0. The zero-order chi connectivity index (χ0) is 0. The van der Waals surface area contributed by atoms with E-state index in [4.69, 9.17) is 0 Å². The molecule has 0 amide bonds. The van der Waals surface area contributed by atoms with Gasteiger partial charge >= 0.3 is 56.6 Å².